The normalized spacial score (nSPS) is 10.2. The van der Waals surface area contributed by atoms with Crippen LogP contribution in [0.5, 0.6) is 0 Å². The summed E-state index contributed by atoms with van der Waals surface area (Å²) in [5.41, 5.74) is 0.730. The van der Waals surface area contributed by atoms with Crippen LogP contribution in [0.15, 0.2) is 40.8 Å². The SMILES string of the molecule is [CH2]c1ccc(-c2cccc([N+](=O)[O-])c2)o1. The van der Waals surface area contributed by atoms with E-state index >= 15 is 0 Å². The lowest BCUT2D eigenvalue weighted by Crippen LogP contribution is -1.87. The minimum absolute atomic E-state index is 0.0505. The summed E-state index contributed by atoms with van der Waals surface area (Å²) in [6.45, 7) is 3.62. The van der Waals surface area contributed by atoms with Gasteiger partial charge in [0, 0.05) is 24.6 Å². The zero-order valence-corrected chi connectivity index (χ0v) is 7.84. The Morgan fingerprint density at radius 1 is 1.27 bits per heavy atom. The molecule has 1 aromatic carbocycles. The van der Waals surface area contributed by atoms with Gasteiger partial charge < -0.3 is 4.42 Å². The van der Waals surface area contributed by atoms with Crippen molar-refractivity contribution in [2.75, 3.05) is 0 Å². The fraction of sp³-hybridized carbons (Fsp3) is 0. The van der Waals surface area contributed by atoms with Crippen molar-refractivity contribution in [3.63, 3.8) is 0 Å². The quantitative estimate of drug-likeness (QED) is 0.555. The number of nitro groups is 1. The molecule has 4 nitrogen and oxygen atoms in total. The van der Waals surface area contributed by atoms with Gasteiger partial charge in [0.25, 0.3) is 5.69 Å². The monoisotopic (exact) mass is 202 g/mol. The van der Waals surface area contributed by atoms with Gasteiger partial charge in [0.15, 0.2) is 0 Å². The Labute approximate surface area is 86.3 Å². The molecule has 0 fully saturated rings. The molecule has 0 unspecified atom stereocenters. The first-order valence-electron chi connectivity index (χ1n) is 4.33. The summed E-state index contributed by atoms with van der Waals surface area (Å²) >= 11 is 0. The van der Waals surface area contributed by atoms with Crippen molar-refractivity contribution in [1.29, 1.82) is 0 Å². The van der Waals surface area contributed by atoms with Crippen molar-refractivity contribution in [3.8, 4) is 11.3 Å². The standard InChI is InChI=1S/C11H8NO3/c1-8-5-6-11(15-8)9-3-2-4-10(7-9)12(13)14/h2-7H,1H2. The van der Waals surface area contributed by atoms with Gasteiger partial charge in [0.1, 0.15) is 11.5 Å². The van der Waals surface area contributed by atoms with E-state index in [9.17, 15) is 10.1 Å². The second-order valence-electron chi connectivity index (χ2n) is 3.07. The lowest BCUT2D eigenvalue weighted by molar-refractivity contribution is -0.384. The van der Waals surface area contributed by atoms with E-state index in [1.54, 1.807) is 24.3 Å². The van der Waals surface area contributed by atoms with E-state index in [-0.39, 0.29) is 5.69 Å². The molecule has 0 N–H and O–H groups in total. The highest BCUT2D eigenvalue weighted by molar-refractivity contribution is 5.61. The zero-order chi connectivity index (χ0) is 10.8. The third-order valence-corrected chi connectivity index (χ3v) is 2.00. The van der Waals surface area contributed by atoms with Crippen LogP contribution in [0.25, 0.3) is 11.3 Å². The molecule has 0 aliphatic heterocycles. The number of furan rings is 1. The van der Waals surface area contributed by atoms with E-state index in [1.165, 1.54) is 12.1 Å². The molecule has 0 atom stereocenters. The second kappa shape index (κ2) is 3.57. The summed E-state index contributed by atoms with van der Waals surface area (Å²) in [5, 5.41) is 10.6. The van der Waals surface area contributed by atoms with Crippen LogP contribution in [0.2, 0.25) is 0 Å². The van der Waals surface area contributed by atoms with Gasteiger partial charge >= 0.3 is 0 Å². The largest absolute Gasteiger partial charge is 0.461 e. The summed E-state index contributed by atoms with van der Waals surface area (Å²) in [5.74, 6) is 1.13. The van der Waals surface area contributed by atoms with Crippen LogP contribution >= 0.6 is 0 Å². The van der Waals surface area contributed by atoms with E-state index in [2.05, 4.69) is 6.92 Å². The molecule has 0 spiro atoms. The summed E-state index contributed by atoms with van der Waals surface area (Å²) in [6, 6.07) is 9.75. The first-order chi connectivity index (χ1) is 7.16. The summed E-state index contributed by atoms with van der Waals surface area (Å²) in [4.78, 5) is 10.1. The van der Waals surface area contributed by atoms with Crippen LogP contribution in [-0.4, -0.2) is 4.92 Å². The maximum absolute atomic E-state index is 10.6. The molecule has 0 amide bonds. The van der Waals surface area contributed by atoms with Gasteiger partial charge in [-0.3, -0.25) is 10.1 Å². The maximum Gasteiger partial charge on any atom is 0.270 e. The number of nitrogens with zero attached hydrogens (tertiary/aromatic N) is 1. The number of benzene rings is 1. The molecule has 15 heavy (non-hydrogen) atoms. The molecule has 0 aliphatic carbocycles. The molecular formula is C11H8NO3. The van der Waals surface area contributed by atoms with Crippen molar-refractivity contribution in [2.45, 2.75) is 0 Å². The molecule has 1 radical (unpaired) electrons. The Balaban J connectivity index is 2.45. The number of non-ortho nitro benzene ring substituents is 1. The lowest BCUT2D eigenvalue weighted by Gasteiger charge is -1.96. The van der Waals surface area contributed by atoms with Crippen LogP contribution in [-0.2, 0) is 0 Å². The topological polar surface area (TPSA) is 56.3 Å². The smallest absolute Gasteiger partial charge is 0.270 e. The molecule has 4 heteroatoms. The van der Waals surface area contributed by atoms with Gasteiger partial charge in [-0.1, -0.05) is 12.1 Å². The average Bonchev–Trinajstić information content (AvgIpc) is 2.65. The first-order valence-corrected chi connectivity index (χ1v) is 4.33. The van der Waals surface area contributed by atoms with Gasteiger partial charge in [-0.15, -0.1) is 0 Å². The number of hydrogen-bond acceptors (Lipinski definition) is 3. The Morgan fingerprint density at radius 2 is 2.07 bits per heavy atom. The van der Waals surface area contributed by atoms with Gasteiger partial charge in [0.2, 0.25) is 0 Å². The number of rotatable bonds is 2. The fourth-order valence-electron chi connectivity index (χ4n) is 1.31. The van der Waals surface area contributed by atoms with Gasteiger partial charge in [-0.25, -0.2) is 0 Å². The highest BCUT2D eigenvalue weighted by atomic mass is 16.6. The Kier molecular flexibility index (Phi) is 2.25. The molecular weight excluding hydrogens is 194 g/mol. The predicted octanol–water partition coefficient (Wildman–Crippen LogP) is 3.04. The third kappa shape index (κ3) is 1.88. The minimum atomic E-state index is -0.433. The molecule has 0 aliphatic rings. The highest BCUT2D eigenvalue weighted by Gasteiger charge is 2.08. The Hall–Kier alpha value is -2.10. The predicted molar refractivity (Wildman–Crippen MR) is 55.3 cm³/mol. The van der Waals surface area contributed by atoms with Gasteiger partial charge in [-0.2, -0.15) is 0 Å². The van der Waals surface area contributed by atoms with E-state index in [0.717, 1.165) is 0 Å². The second-order valence-corrected chi connectivity index (χ2v) is 3.07. The molecule has 0 bridgehead atoms. The van der Waals surface area contributed by atoms with E-state index in [4.69, 9.17) is 4.42 Å². The van der Waals surface area contributed by atoms with Crippen LogP contribution in [0, 0.1) is 17.0 Å². The van der Waals surface area contributed by atoms with Crippen LogP contribution < -0.4 is 0 Å². The fourth-order valence-corrected chi connectivity index (χ4v) is 1.31. The highest BCUT2D eigenvalue weighted by Crippen LogP contribution is 2.25. The first kappa shape index (κ1) is 9.45. The summed E-state index contributed by atoms with van der Waals surface area (Å²) < 4.78 is 5.27. The molecule has 2 rings (SSSR count). The zero-order valence-electron chi connectivity index (χ0n) is 7.84. The van der Waals surface area contributed by atoms with Crippen LogP contribution in [0.4, 0.5) is 5.69 Å². The van der Waals surface area contributed by atoms with Crippen molar-refractivity contribution in [2.24, 2.45) is 0 Å². The molecule has 1 heterocycles. The third-order valence-electron chi connectivity index (χ3n) is 2.00. The Morgan fingerprint density at radius 3 is 2.67 bits per heavy atom. The Bertz CT molecular complexity index is 502. The van der Waals surface area contributed by atoms with E-state index in [0.29, 0.717) is 17.1 Å². The van der Waals surface area contributed by atoms with Crippen LogP contribution in [0.1, 0.15) is 5.76 Å². The van der Waals surface area contributed by atoms with E-state index in [1.807, 2.05) is 0 Å². The van der Waals surface area contributed by atoms with E-state index < -0.39 is 4.92 Å². The lowest BCUT2D eigenvalue weighted by atomic mass is 10.1. The minimum Gasteiger partial charge on any atom is -0.461 e. The molecule has 1 aromatic heterocycles. The maximum atomic E-state index is 10.6. The number of hydrogen-bond donors (Lipinski definition) is 0. The van der Waals surface area contributed by atoms with Crippen molar-refractivity contribution < 1.29 is 9.34 Å². The molecule has 75 valence electrons. The summed E-state index contributed by atoms with van der Waals surface area (Å²) in [6.07, 6.45) is 0. The number of nitro benzene ring substituents is 1. The molecule has 0 saturated carbocycles. The molecule has 0 saturated heterocycles. The van der Waals surface area contributed by atoms with Gasteiger partial charge in [0.05, 0.1) is 4.92 Å². The van der Waals surface area contributed by atoms with Crippen molar-refractivity contribution >= 4 is 5.69 Å². The van der Waals surface area contributed by atoms with Gasteiger partial charge in [-0.05, 0) is 12.1 Å². The van der Waals surface area contributed by atoms with Crippen molar-refractivity contribution in [3.05, 3.63) is 59.2 Å². The van der Waals surface area contributed by atoms with Crippen molar-refractivity contribution in [1.82, 2.24) is 0 Å². The van der Waals surface area contributed by atoms with Crippen LogP contribution in [0.3, 0.4) is 0 Å². The average molecular weight is 202 g/mol. The summed E-state index contributed by atoms with van der Waals surface area (Å²) in [7, 11) is 0. The molecule has 2 aromatic rings.